The van der Waals surface area contributed by atoms with Crippen LogP contribution in [-0.4, -0.2) is 6.71 Å². The maximum atomic E-state index is 4.04. The second kappa shape index (κ2) is 13.6. The molecule has 5 aromatic carbocycles. The summed E-state index contributed by atoms with van der Waals surface area (Å²) >= 11 is 1.99. The Labute approximate surface area is 354 Å². The molecule has 1 aliphatic carbocycles. The summed E-state index contributed by atoms with van der Waals surface area (Å²) in [5.41, 5.74) is 19.0. The molecule has 0 atom stereocenters. The molecule has 300 valence electrons. The molecule has 2 aliphatic rings. The summed E-state index contributed by atoms with van der Waals surface area (Å²) in [6.07, 6.45) is 2.39. The van der Waals surface area contributed by atoms with Crippen molar-refractivity contribution in [1.29, 1.82) is 0 Å². The Morgan fingerprint density at radius 2 is 1.14 bits per heavy atom. The van der Waals surface area contributed by atoms with Crippen LogP contribution in [0.2, 0.25) is 0 Å². The molecule has 0 radical (unpaired) electrons. The van der Waals surface area contributed by atoms with Crippen molar-refractivity contribution in [3.05, 3.63) is 130 Å². The average Bonchev–Trinajstić information content (AvgIpc) is 3.49. The lowest BCUT2D eigenvalue weighted by atomic mass is 9.34. The van der Waals surface area contributed by atoms with Crippen LogP contribution in [0.15, 0.2) is 91.0 Å². The molecule has 0 amide bonds. The monoisotopic (exact) mass is 784 g/mol. The van der Waals surface area contributed by atoms with Crippen molar-refractivity contribution in [2.75, 3.05) is 10.2 Å². The van der Waals surface area contributed by atoms with E-state index in [-0.39, 0.29) is 33.8 Å². The fourth-order valence-corrected chi connectivity index (χ4v) is 10.8. The van der Waals surface area contributed by atoms with Gasteiger partial charge < -0.3 is 10.2 Å². The molecule has 1 aliphatic heterocycles. The molecule has 1 N–H and O–H groups in total. The lowest BCUT2D eigenvalue weighted by molar-refractivity contribution is 0.332. The fraction of sp³-hybridized carbons (Fsp3) is 0.407. The van der Waals surface area contributed by atoms with Crippen LogP contribution in [-0.2, 0) is 27.1 Å². The maximum absolute atomic E-state index is 4.04. The maximum Gasteiger partial charge on any atom is 0.251 e. The first-order chi connectivity index (χ1) is 26.9. The van der Waals surface area contributed by atoms with Crippen LogP contribution in [0.1, 0.15) is 142 Å². The molecular formula is C54H65BN2S. The standard InChI is InChI=1S/C54H65BN2S/c1-33-28-44(56-38-22-18-35(19-23-38)50(3,4)5)48-45(29-33)57(39-24-20-36(21-25-39)51(6,7)8)49-47(55(48)43-30-37(52(9,10)11)17-16-34(43)2)40-31-41-42(32-46(40)58-49)54(14,15)27-26-53(41,12)13/h16-25,28-32,56H,26-27H2,1-15H3. The van der Waals surface area contributed by atoms with Gasteiger partial charge in [0.05, 0.1) is 5.00 Å². The van der Waals surface area contributed by atoms with Crippen molar-refractivity contribution < 1.29 is 0 Å². The minimum atomic E-state index is 0.0121. The number of fused-ring (bicyclic) bond motifs is 5. The van der Waals surface area contributed by atoms with E-state index in [0.29, 0.717) is 0 Å². The van der Waals surface area contributed by atoms with Gasteiger partial charge in [-0.25, -0.2) is 0 Å². The van der Waals surface area contributed by atoms with Gasteiger partial charge in [0.1, 0.15) is 0 Å². The predicted molar refractivity (Wildman–Crippen MR) is 258 cm³/mol. The topological polar surface area (TPSA) is 15.3 Å². The van der Waals surface area contributed by atoms with Crippen molar-refractivity contribution in [2.45, 2.75) is 144 Å². The summed E-state index contributed by atoms with van der Waals surface area (Å²) in [5, 5.41) is 6.77. The Balaban J connectivity index is 1.48. The number of rotatable bonds is 4. The summed E-state index contributed by atoms with van der Waals surface area (Å²) in [6, 6.07) is 35.9. The van der Waals surface area contributed by atoms with Gasteiger partial charge in [-0.05, 0) is 152 Å². The molecular weight excluding hydrogens is 719 g/mol. The van der Waals surface area contributed by atoms with Gasteiger partial charge in [0, 0.05) is 27.4 Å². The highest BCUT2D eigenvalue weighted by molar-refractivity contribution is 7.26. The molecule has 0 bridgehead atoms. The van der Waals surface area contributed by atoms with Gasteiger partial charge in [0.25, 0.3) is 6.71 Å². The van der Waals surface area contributed by atoms with Gasteiger partial charge in [0.15, 0.2) is 0 Å². The van der Waals surface area contributed by atoms with Gasteiger partial charge in [-0.1, -0.05) is 143 Å². The van der Waals surface area contributed by atoms with E-state index in [0.717, 1.165) is 5.69 Å². The molecule has 2 nitrogen and oxygen atoms in total. The quantitative estimate of drug-likeness (QED) is 0.179. The van der Waals surface area contributed by atoms with Gasteiger partial charge in [-0.3, -0.25) is 0 Å². The van der Waals surface area contributed by atoms with E-state index in [1.54, 1.807) is 0 Å². The smallest absolute Gasteiger partial charge is 0.251 e. The van der Waals surface area contributed by atoms with Crippen LogP contribution >= 0.6 is 11.3 Å². The van der Waals surface area contributed by atoms with Crippen molar-refractivity contribution in [3.8, 4) is 0 Å². The number of nitrogens with zero attached hydrogens (tertiary/aromatic N) is 1. The van der Waals surface area contributed by atoms with Crippen LogP contribution < -0.4 is 26.6 Å². The lowest BCUT2D eigenvalue weighted by Gasteiger charge is -2.42. The highest BCUT2D eigenvalue weighted by atomic mass is 32.1. The van der Waals surface area contributed by atoms with Gasteiger partial charge in [0.2, 0.25) is 0 Å². The molecule has 6 aromatic rings. The molecule has 0 spiro atoms. The molecule has 0 saturated heterocycles. The summed E-state index contributed by atoms with van der Waals surface area (Å²) in [4.78, 5) is 2.61. The lowest BCUT2D eigenvalue weighted by Crippen LogP contribution is -2.58. The van der Waals surface area contributed by atoms with E-state index in [1.165, 1.54) is 100 Å². The summed E-state index contributed by atoms with van der Waals surface area (Å²) in [6.45, 7) is 35.3. The summed E-state index contributed by atoms with van der Waals surface area (Å²) in [5.74, 6) is 0. The second-order valence-corrected chi connectivity index (χ2v) is 23.1. The Morgan fingerprint density at radius 3 is 1.71 bits per heavy atom. The van der Waals surface area contributed by atoms with Crippen molar-refractivity contribution >= 4 is 72.3 Å². The van der Waals surface area contributed by atoms with Crippen LogP contribution in [0.25, 0.3) is 10.1 Å². The normalized spacial score (nSPS) is 16.3. The second-order valence-electron chi connectivity index (χ2n) is 22.1. The molecule has 4 heteroatoms. The van der Waals surface area contributed by atoms with E-state index in [4.69, 9.17) is 0 Å². The highest BCUT2D eigenvalue weighted by Gasteiger charge is 2.43. The molecule has 0 fully saturated rings. The Morgan fingerprint density at radius 1 is 0.603 bits per heavy atom. The molecule has 1 aromatic heterocycles. The minimum absolute atomic E-state index is 0.0121. The molecule has 0 saturated carbocycles. The first-order valence-electron chi connectivity index (χ1n) is 21.6. The molecule has 2 heterocycles. The predicted octanol–water partition coefficient (Wildman–Crippen LogP) is 13.8. The van der Waals surface area contributed by atoms with Crippen LogP contribution in [0, 0.1) is 13.8 Å². The molecule has 0 unspecified atom stereocenters. The number of aryl methyl sites for hydroxylation is 2. The van der Waals surface area contributed by atoms with E-state index in [1.807, 2.05) is 11.3 Å². The van der Waals surface area contributed by atoms with Crippen molar-refractivity contribution in [1.82, 2.24) is 0 Å². The fourth-order valence-electron chi connectivity index (χ4n) is 9.54. The zero-order chi connectivity index (χ0) is 41.9. The van der Waals surface area contributed by atoms with Crippen molar-refractivity contribution in [3.63, 3.8) is 0 Å². The van der Waals surface area contributed by atoms with E-state index in [9.17, 15) is 0 Å². The number of hydrogen-bond acceptors (Lipinski definition) is 3. The Kier molecular flexibility index (Phi) is 9.52. The van der Waals surface area contributed by atoms with Crippen molar-refractivity contribution in [2.24, 2.45) is 0 Å². The third-order valence-corrected chi connectivity index (χ3v) is 14.6. The number of benzene rings is 5. The Bertz CT molecular complexity index is 2550. The number of hydrogen-bond donors (Lipinski definition) is 1. The summed E-state index contributed by atoms with van der Waals surface area (Å²) in [7, 11) is 0. The average molecular weight is 785 g/mol. The first kappa shape index (κ1) is 40.5. The SMILES string of the molecule is Cc1cc(Nc2ccc(C(C)(C)C)cc2)c2c(c1)N(c1ccc(C(C)(C)C)cc1)c1sc3cc4c(cc3c1B2c1cc(C(C)(C)C)ccc1C)C(C)(C)CCC4(C)C. The van der Waals surface area contributed by atoms with Crippen LogP contribution in [0.5, 0.6) is 0 Å². The van der Waals surface area contributed by atoms with E-state index >= 15 is 0 Å². The zero-order valence-electron chi connectivity index (χ0n) is 38.0. The van der Waals surface area contributed by atoms with E-state index < -0.39 is 0 Å². The van der Waals surface area contributed by atoms with Gasteiger partial charge >= 0.3 is 0 Å². The number of anilines is 5. The highest BCUT2D eigenvalue weighted by Crippen LogP contribution is 2.51. The van der Waals surface area contributed by atoms with Gasteiger partial charge in [-0.2, -0.15) is 0 Å². The third kappa shape index (κ3) is 7.02. The molecule has 58 heavy (non-hydrogen) atoms. The number of nitrogens with one attached hydrogen (secondary N) is 1. The largest absolute Gasteiger partial charge is 0.356 e. The number of thiophene rings is 1. The van der Waals surface area contributed by atoms with Crippen LogP contribution in [0.4, 0.5) is 27.8 Å². The first-order valence-corrected chi connectivity index (χ1v) is 22.4. The van der Waals surface area contributed by atoms with Gasteiger partial charge in [-0.15, -0.1) is 11.3 Å². The minimum Gasteiger partial charge on any atom is -0.356 e. The Hall–Kier alpha value is -4.28. The summed E-state index contributed by atoms with van der Waals surface area (Å²) < 4.78 is 1.39. The van der Waals surface area contributed by atoms with Crippen LogP contribution in [0.3, 0.4) is 0 Å². The third-order valence-electron chi connectivity index (χ3n) is 13.5. The molecule has 8 rings (SSSR count). The zero-order valence-corrected chi connectivity index (χ0v) is 38.8. The van der Waals surface area contributed by atoms with E-state index in [2.05, 4.69) is 205 Å².